The molecule has 1 N–H and O–H groups in total. The summed E-state index contributed by atoms with van der Waals surface area (Å²) < 4.78 is 11.6. The van der Waals surface area contributed by atoms with Gasteiger partial charge in [-0.05, 0) is 41.5 Å². The Balaban J connectivity index is 1.93. The zero-order valence-electron chi connectivity index (χ0n) is 13.7. The van der Waals surface area contributed by atoms with Gasteiger partial charge in [-0.25, -0.2) is 5.43 Å². The summed E-state index contributed by atoms with van der Waals surface area (Å²) in [5, 5.41) is 3.96. The van der Waals surface area contributed by atoms with Crippen molar-refractivity contribution in [3.8, 4) is 23.8 Å². The van der Waals surface area contributed by atoms with Crippen molar-refractivity contribution >= 4 is 28.1 Å². The number of ether oxygens (including phenoxy) is 2. The van der Waals surface area contributed by atoms with E-state index in [1.54, 1.807) is 25.3 Å². The van der Waals surface area contributed by atoms with Gasteiger partial charge in [0.25, 0.3) is 0 Å². The third kappa shape index (κ3) is 5.98. The van der Waals surface area contributed by atoms with Crippen LogP contribution in [-0.2, 0) is 11.2 Å². The molecule has 0 bridgehead atoms. The van der Waals surface area contributed by atoms with E-state index < -0.39 is 0 Å². The maximum Gasteiger partial charge on any atom is 0.244 e. The molecule has 25 heavy (non-hydrogen) atoms. The summed E-state index contributed by atoms with van der Waals surface area (Å²) in [5.74, 6) is 3.30. The molecule has 0 spiro atoms. The average molecular weight is 401 g/mol. The smallest absolute Gasteiger partial charge is 0.244 e. The van der Waals surface area contributed by atoms with Crippen molar-refractivity contribution in [1.29, 1.82) is 0 Å². The summed E-state index contributed by atoms with van der Waals surface area (Å²) in [5.41, 5.74) is 4.17. The van der Waals surface area contributed by atoms with E-state index in [0.29, 0.717) is 11.5 Å². The van der Waals surface area contributed by atoms with E-state index >= 15 is 0 Å². The van der Waals surface area contributed by atoms with Gasteiger partial charge < -0.3 is 9.47 Å². The predicted molar refractivity (Wildman–Crippen MR) is 101 cm³/mol. The van der Waals surface area contributed by atoms with Gasteiger partial charge in [-0.15, -0.1) is 6.42 Å². The lowest BCUT2D eigenvalue weighted by atomic mass is 10.1. The molecule has 6 heteroatoms. The quantitative estimate of drug-likeness (QED) is 0.441. The minimum absolute atomic E-state index is 0.163. The van der Waals surface area contributed by atoms with Gasteiger partial charge in [0.15, 0.2) is 11.5 Å². The van der Waals surface area contributed by atoms with Crippen LogP contribution in [-0.4, -0.2) is 25.8 Å². The van der Waals surface area contributed by atoms with Crippen LogP contribution in [0, 0.1) is 12.3 Å². The second-order valence-corrected chi connectivity index (χ2v) is 5.92. The van der Waals surface area contributed by atoms with Gasteiger partial charge in [0, 0.05) is 4.47 Å². The number of amides is 1. The number of hydrogen-bond acceptors (Lipinski definition) is 4. The Morgan fingerprint density at radius 2 is 2.04 bits per heavy atom. The number of nitrogens with one attached hydrogen (secondary N) is 1. The second-order valence-electron chi connectivity index (χ2n) is 5.00. The van der Waals surface area contributed by atoms with Gasteiger partial charge in [-0.2, -0.15) is 5.10 Å². The Bertz CT molecular complexity index is 795. The SMILES string of the molecule is C#CCOc1ccc(/C=N/NC(=O)Cc2ccc(Br)cc2)cc1OC. The van der Waals surface area contributed by atoms with Gasteiger partial charge >= 0.3 is 0 Å². The molecule has 5 nitrogen and oxygen atoms in total. The molecule has 0 unspecified atom stereocenters. The maximum absolute atomic E-state index is 11.9. The van der Waals surface area contributed by atoms with Crippen LogP contribution in [0.15, 0.2) is 52.0 Å². The monoisotopic (exact) mass is 400 g/mol. The topological polar surface area (TPSA) is 59.9 Å². The Morgan fingerprint density at radius 1 is 1.28 bits per heavy atom. The largest absolute Gasteiger partial charge is 0.493 e. The van der Waals surface area contributed by atoms with Crippen LogP contribution in [0.5, 0.6) is 11.5 Å². The minimum atomic E-state index is -0.195. The van der Waals surface area contributed by atoms with Crippen molar-refractivity contribution in [1.82, 2.24) is 5.43 Å². The molecule has 0 aromatic heterocycles. The molecule has 2 rings (SSSR count). The summed E-state index contributed by atoms with van der Waals surface area (Å²) >= 11 is 3.36. The number of carbonyl (C=O) groups excluding carboxylic acids is 1. The molecule has 0 aliphatic rings. The van der Waals surface area contributed by atoms with Crippen molar-refractivity contribution in [3.05, 3.63) is 58.1 Å². The summed E-state index contributed by atoms with van der Waals surface area (Å²) in [6.45, 7) is 0.163. The number of rotatable bonds is 7. The molecule has 128 valence electrons. The molecule has 2 aromatic carbocycles. The summed E-state index contributed by atoms with van der Waals surface area (Å²) in [7, 11) is 1.54. The fraction of sp³-hybridized carbons (Fsp3) is 0.158. The average Bonchev–Trinajstić information content (AvgIpc) is 2.62. The number of halogens is 1. The number of methoxy groups -OCH3 is 1. The molecular formula is C19H17BrN2O3. The number of carbonyl (C=O) groups is 1. The first-order valence-electron chi connectivity index (χ1n) is 7.43. The zero-order chi connectivity index (χ0) is 18.1. The number of benzene rings is 2. The van der Waals surface area contributed by atoms with Gasteiger partial charge in [0.05, 0.1) is 19.7 Å². The van der Waals surface area contributed by atoms with Gasteiger partial charge in [-0.1, -0.05) is 34.0 Å². The molecule has 0 aliphatic heterocycles. The molecule has 0 radical (unpaired) electrons. The molecular weight excluding hydrogens is 384 g/mol. The van der Waals surface area contributed by atoms with Crippen molar-refractivity contribution in [2.45, 2.75) is 6.42 Å². The van der Waals surface area contributed by atoms with E-state index in [1.807, 2.05) is 24.3 Å². The number of nitrogens with zero attached hydrogens (tertiary/aromatic N) is 1. The third-order valence-electron chi connectivity index (χ3n) is 3.18. The van der Waals surface area contributed by atoms with Gasteiger partial charge in [0.1, 0.15) is 6.61 Å². The highest BCUT2D eigenvalue weighted by atomic mass is 79.9. The van der Waals surface area contributed by atoms with Crippen LogP contribution >= 0.6 is 15.9 Å². The van der Waals surface area contributed by atoms with Crippen molar-refractivity contribution in [2.75, 3.05) is 13.7 Å². The first-order chi connectivity index (χ1) is 12.1. The Morgan fingerprint density at radius 3 is 2.72 bits per heavy atom. The van der Waals surface area contributed by atoms with Crippen molar-refractivity contribution in [3.63, 3.8) is 0 Å². The summed E-state index contributed by atoms with van der Waals surface area (Å²) in [4.78, 5) is 11.9. The molecule has 0 fully saturated rings. The Kier molecular flexibility index (Phi) is 7.05. The highest BCUT2D eigenvalue weighted by Crippen LogP contribution is 2.27. The first kappa shape index (κ1) is 18.6. The number of hydrazone groups is 1. The van der Waals surface area contributed by atoms with Crippen LogP contribution in [0.4, 0.5) is 0 Å². The lowest BCUT2D eigenvalue weighted by Gasteiger charge is -2.09. The third-order valence-corrected chi connectivity index (χ3v) is 3.71. The van der Waals surface area contributed by atoms with Crippen LogP contribution in [0.2, 0.25) is 0 Å². The van der Waals surface area contributed by atoms with E-state index in [9.17, 15) is 4.79 Å². The number of hydrogen-bond donors (Lipinski definition) is 1. The highest BCUT2D eigenvalue weighted by Gasteiger charge is 2.05. The molecule has 0 saturated carbocycles. The lowest BCUT2D eigenvalue weighted by Crippen LogP contribution is -2.19. The van der Waals surface area contributed by atoms with Crippen LogP contribution < -0.4 is 14.9 Å². The van der Waals surface area contributed by atoms with E-state index in [1.165, 1.54) is 6.21 Å². The van der Waals surface area contributed by atoms with Crippen LogP contribution in [0.25, 0.3) is 0 Å². The second kappa shape index (κ2) is 9.50. The van der Waals surface area contributed by atoms with E-state index in [4.69, 9.17) is 15.9 Å². The molecule has 0 aliphatic carbocycles. The molecule has 1 amide bonds. The predicted octanol–water partition coefficient (Wildman–Crippen LogP) is 3.16. The Hall–Kier alpha value is -2.78. The standard InChI is InChI=1S/C19H17BrN2O3/c1-3-10-25-17-9-6-15(11-18(17)24-2)13-21-22-19(23)12-14-4-7-16(20)8-5-14/h1,4-9,11,13H,10,12H2,2H3,(H,22,23)/b21-13+. The van der Waals surface area contributed by atoms with Gasteiger partial charge in [0.2, 0.25) is 5.91 Å². The highest BCUT2D eigenvalue weighted by molar-refractivity contribution is 9.10. The van der Waals surface area contributed by atoms with Crippen LogP contribution in [0.1, 0.15) is 11.1 Å². The van der Waals surface area contributed by atoms with Gasteiger partial charge in [-0.3, -0.25) is 4.79 Å². The maximum atomic E-state index is 11.9. The molecule has 0 heterocycles. The fourth-order valence-electron chi connectivity index (χ4n) is 2.01. The molecule has 2 aromatic rings. The van der Waals surface area contributed by atoms with E-state index in [0.717, 1.165) is 15.6 Å². The molecule has 0 atom stereocenters. The zero-order valence-corrected chi connectivity index (χ0v) is 15.2. The summed E-state index contributed by atoms with van der Waals surface area (Å²) in [6.07, 6.45) is 6.97. The normalized spacial score (nSPS) is 10.3. The van der Waals surface area contributed by atoms with E-state index in [-0.39, 0.29) is 18.9 Å². The Labute approximate surface area is 155 Å². The minimum Gasteiger partial charge on any atom is -0.493 e. The van der Waals surface area contributed by atoms with E-state index in [2.05, 4.69) is 32.4 Å². The fourth-order valence-corrected chi connectivity index (χ4v) is 2.27. The van der Waals surface area contributed by atoms with Crippen LogP contribution in [0.3, 0.4) is 0 Å². The lowest BCUT2D eigenvalue weighted by molar-refractivity contribution is -0.120. The van der Waals surface area contributed by atoms with Crippen molar-refractivity contribution in [2.24, 2.45) is 5.10 Å². The summed E-state index contributed by atoms with van der Waals surface area (Å²) in [6, 6.07) is 12.8. The first-order valence-corrected chi connectivity index (χ1v) is 8.22. The number of terminal acetylenes is 1. The molecule has 0 saturated heterocycles. The van der Waals surface area contributed by atoms with Crippen molar-refractivity contribution < 1.29 is 14.3 Å².